The van der Waals surface area contributed by atoms with Crippen LogP contribution in [0.1, 0.15) is 38.0 Å². The largest absolute Gasteiger partial charge is 0.336 e. The molecule has 2 amide bonds. The molecule has 1 aromatic carbocycles. The SMILES string of the molecule is O=C(Nc1ccc(F)cc1F)NC1(c2nc(-c3cccnc3)no2)CCCCC1. The van der Waals surface area contributed by atoms with Crippen molar-refractivity contribution >= 4 is 11.7 Å². The number of amides is 2. The van der Waals surface area contributed by atoms with Crippen molar-refractivity contribution in [1.29, 1.82) is 0 Å². The van der Waals surface area contributed by atoms with Crippen LogP contribution in [0, 0.1) is 11.6 Å². The number of urea groups is 1. The molecule has 9 heteroatoms. The van der Waals surface area contributed by atoms with E-state index in [1.807, 2.05) is 6.07 Å². The molecule has 2 heterocycles. The van der Waals surface area contributed by atoms with Gasteiger partial charge in [0.1, 0.15) is 17.2 Å². The number of halogens is 2. The van der Waals surface area contributed by atoms with Crippen LogP contribution in [0.4, 0.5) is 19.3 Å². The first-order valence-electron chi connectivity index (χ1n) is 9.35. The zero-order valence-corrected chi connectivity index (χ0v) is 15.5. The van der Waals surface area contributed by atoms with E-state index in [1.165, 1.54) is 6.07 Å². The zero-order valence-electron chi connectivity index (χ0n) is 15.5. The fourth-order valence-electron chi connectivity index (χ4n) is 3.54. The summed E-state index contributed by atoms with van der Waals surface area (Å²) in [7, 11) is 0. The van der Waals surface area contributed by atoms with Gasteiger partial charge in [-0.2, -0.15) is 4.98 Å². The first-order chi connectivity index (χ1) is 14.1. The summed E-state index contributed by atoms with van der Waals surface area (Å²) in [6.07, 6.45) is 7.27. The molecule has 1 fully saturated rings. The highest BCUT2D eigenvalue weighted by Gasteiger charge is 2.41. The lowest BCUT2D eigenvalue weighted by molar-refractivity contribution is 0.173. The number of benzene rings is 1. The van der Waals surface area contributed by atoms with Crippen LogP contribution in [0.25, 0.3) is 11.4 Å². The van der Waals surface area contributed by atoms with Gasteiger partial charge < -0.3 is 15.2 Å². The number of nitrogens with zero attached hydrogens (tertiary/aromatic N) is 3. The molecule has 1 aliphatic rings. The van der Waals surface area contributed by atoms with Crippen LogP contribution in [0.2, 0.25) is 0 Å². The van der Waals surface area contributed by atoms with Crippen molar-refractivity contribution in [3.05, 3.63) is 60.3 Å². The van der Waals surface area contributed by atoms with Crippen molar-refractivity contribution in [2.24, 2.45) is 0 Å². The number of carbonyl (C=O) groups is 1. The number of rotatable bonds is 4. The fraction of sp³-hybridized carbons (Fsp3) is 0.300. The molecular weight excluding hydrogens is 380 g/mol. The summed E-state index contributed by atoms with van der Waals surface area (Å²) in [5.41, 5.74) is -0.269. The van der Waals surface area contributed by atoms with Crippen molar-refractivity contribution in [2.75, 3.05) is 5.32 Å². The summed E-state index contributed by atoms with van der Waals surface area (Å²) < 4.78 is 32.4. The summed E-state index contributed by atoms with van der Waals surface area (Å²) in [6, 6.07) is 5.92. The van der Waals surface area contributed by atoms with Crippen molar-refractivity contribution < 1.29 is 18.1 Å². The minimum absolute atomic E-state index is 0.114. The van der Waals surface area contributed by atoms with Crippen molar-refractivity contribution in [3.63, 3.8) is 0 Å². The van der Waals surface area contributed by atoms with Gasteiger partial charge in [-0.1, -0.05) is 24.4 Å². The second-order valence-electron chi connectivity index (χ2n) is 7.01. The summed E-state index contributed by atoms with van der Waals surface area (Å²) >= 11 is 0. The fourth-order valence-corrected chi connectivity index (χ4v) is 3.54. The molecule has 7 nitrogen and oxygen atoms in total. The molecule has 0 unspecified atom stereocenters. The minimum atomic E-state index is -0.855. The van der Waals surface area contributed by atoms with Gasteiger partial charge in [0.05, 0.1) is 5.69 Å². The highest BCUT2D eigenvalue weighted by molar-refractivity contribution is 5.90. The van der Waals surface area contributed by atoms with Gasteiger partial charge in [0.15, 0.2) is 0 Å². The average Bonchev–Trinajstić information content (AvgIpc) is 3.23. The number of aromatic nitrogens is 3. The van der Waals surface area contributed by atoms with Crippen LogP contribution in [-0.2, 0) is 5.54 Å². The summed E-state index contributed by atoms with van der Waals surface area (Å²) in [4.78, 5) is 21.1. The van der Waals surface area contributed by atoms with Crippen LogP contribution in [0.5, 0.6) is 0 Å². The maximum Gasteiger partial charge on any atom is 0.320 e. The Hall–Kier alpha value is -3.36. The van der Waals surface area contributed by atoms with Gasteiger partial charge in [0, 0.05) is 24.0 Å². The third kappa shape index (κ3) is 4.08. The van der Waals surface area contributed by atoms with Crippen LogP contribution < -0.4 is 10.6 Å². The number of nitrogens with one attached hydrogen (secondary N) is 2. The van der Waals surface area contributed by atoms with Crippen LogP contribution in [-0.4, -0.2) is 21.2 Å². The highest BCUT2D eigenvalue weighted by Crippen LogP contribution is 2.37. The predicted molar refractivity (Wildman–Crippen MR) is 101 cm³/mol. The maximum atomic E-state index is 13.9. The number of carbonyl (C=O) groups excluding carboxylic acids is 1. The topological polar surface area (TPSA) is 92.9 Å². The molecule has 4 rings (SSSR count). The third-order valence-corrected chi connectivity index (χ3v) is 4.99. The molecule has 0 atom stereocenters. The van der Waals surface area contributed by atoms with Crippen molar-refractivity contribution in [3.8, 4) is 11.4 Å². The van der Waals surface area contributed by atoms with Crippen LogP contribution >= 0.6 is 0 Å². The molecule has 0 spiro atoms. The molecule has 1 saturated carbocycles. The molecule has 150 valence electrons. The first kappa shape index (κ1) is 19.0. The van der Waals surface area contributed by atoms with E-state index in [1.54, 1.807) is 18.5 Å². The maximum absolute atomic E-state index is 13.9. The quantitative estimate of drug-likeness (QED) is 0.679. The molecule has 0 aliphatic heterocycles. The molecule has 2 N–H and O–H groups in total. The van der Waals surface area contributed by atoms with E-state index in [4.69, 9.17) is 4.52 Å². The molecule has 0 radical (unpaired) electrons. The van der Waals surface area contributed by atoms with Crippen LogP contribution in [0.15, 0.2) is 47.2 Å². The van der Waals surface area contributed by atoms with E-state index in [-0.39, 0.29) is 5.69 Å². The number of hydrogen-bond acceptors (Lipinski definition) is 5. The second kappa shape index (κ2) is 7.94. The van der Waals surface area contributed by atoms with E-state index in [2.05, 4.69) is 25.8 Å². The van der Waals surface area contributed by atoms with E-state index in [0.717, 1.165) is 25.3 Å². The van der Waals surface area contributed by atoms with Gasteiger partial charge in [-0.05, 0) is 37.1 Å². The molecule has 3 aromatic rings. The van der Waals surface area contributed by atoms with Gasteiger partial charge >= 0.3 is 6.03 Å². The van der Waals surface area contributed by atoms with Crippen molar-refractivity contribution in [2.45, 2.75) is 37.6 Å². The smallest absolute Gasteiger partial charge is 0.320 e. The number of hydrogen-bond donors (Lipinski definition) is 2. The van der Waals surface area contributed by atoms with E-state index in [9.17, 15) is 13.6 Å². The number of anilines is 1. The van der Waals surface area contributed by atoms with E-state index >= 15 is 0 Å². The Bertz CT molecular complexity index is 1000. The Morgan fingerprint density at radius 1 is 1.14 bits per heavy atom. The average molecular weight is 399 g/mol. The Morgan fingerprint density at radius 2 is 1.97 bits per heavy atom. The Balaban J connectivity index is 1.57. The lowest BCUT2D eigenvalue weighted by Crippen LogP contribution is -2.49. The highest BCUT2D eigenvalue weighted by atomic mass is 19.1. The molecule has 2 aromatic heterocycles. The molecule has 0 saturated heterocycles. The van der Waals surface area contributed by atoms with Crippen LogP contribution in [0.3, 0.4) is 0 Å². The lowest BCUT2D eigenvalue weighted by Gasteiger charge is -2.34. The third-order valence-electron chi connectivity index (χ3n) is 4.99. The molecule has 29 heavy (non-hydrogen) atoms. The predicted octanol–water partition coefficient (Wildman–Crippen LogP) is 4.39. The standard InChI is InChI=1S/C20H19F2N5O2/c21-14-6-7-16(15(22)11-14)24-19(28)26-20(8-2-1-3-9-20)18-25-17(27-29-18)13-5-4-10-23-12-13/h4-7,10-12H,1-3,8-9H2,(H2,24,26,28). The molecule has 1 aliphatic carbocycles. The Morgan fingerprint density at radius 3 is 2.69 bits per heavy atom. The van der Waals surface area contributed by atoms with E-state index in [0.29, 0.717) is 36.2 Å². The van der Waals surface area contributed by atoms with Gasteiger partial charge in [0.25, 0.3) is 5.89 Å². The Kier molecular flexibility index (Phi) is 5.20. The summed E-state index contributed by atoms with van der Waals surface area (Å²) in [5, 5.41) is 9.33. The summed E-state index contributed by atoms with van der Waals surface area (Å²) in [6.45, 7) is 0. The first-order valence-corrected chi connectivity index (χ1v) is 9.35. The van der Waals surface area contributed by atoms with Gasteiger partial charge in [-0.15, -0.1) is 0 Å². The van der Waals surface area contributed by atoms with E-state index < -0.39 is 23.2 Å². The monoisotopic (exact) mass is 399 g/mol. The number of pyridine rings is 1. The second-order valence-corrected chi connectivity index (χ2v) is 7.01. The van der Waals surface area contributed by atoms with Gasteiger partial charge in [-0.25, -0.2) is 13.6 Å². The molecule has 0 bridgehead atoms. The Labute approximate surface area is 165 Å². The van der Waals surface area contributed by atoms with Crippen molar-refractivity contribution in [1.82, 2.24) is 20.4 Å². The van der Waals surface area contributed by atoms with Gasteiger partial charge in [-0.3, -0.25) is 4.98 Å². The normalized spacial score (nSPS) is 15.7. The zero-order chi connectivity index (χ0) is 20.3. The lowest BCUT2D eigenvalue weighted by atomic mass is 9.81. The summed E-state index contributed by atoms with van der Waals surface area (Å²) in [5.74, 6) is -0.892. The molecular formula is C20H19F2N5O2. The minimum Gasteiger partial charge on any atom is -0.336 e. The van der Waals surface area contributed by atoms with Gasteiger partial charge in [0.2, 0.25) is 5.82 Å².